The predicted molar refractivity (Wildman–Crippen MR) is 103 cm³/mol. The lowest BCUT2D eigenvalue weighted by atomic mass is 10.2. The molecule has 1 heterocycles. The summed E-state index contributed by atoms with van der Waals surface area (Å²) in [6.45, 7) is 0.867. The van der Waals surface area contributed by atoms with Crippen molar-refractivity contribution in [1.29, 1.82) is 0 Å². The summed E-state index contributed by atoms with van der Waals surface area (Å²) in [5.41, 5.74) is 0.414. The molecule has 1 amide bonds. The Hall–Kier alpha value is -1.67. The molecule has 1 aliphatic heterocycles. The Morgan fingerprint density at radius 3 is 2.37 bits per heavy atom. The van der Waals surface area contributed by atoms with Crippen LogP contribution in [0.3, 0.4) is 0 Å². The average molecular weight is 431 g/mol. The maximum absolute atomic E-state index is 13.2. The van der Waals surface area contributed by atoms with E-state index in [1.165, 1.54) is 34.6 Å². The fraction of sp³-hybridized carbons (Fsp3) is 0.278. The van der Waals surface area contributed by atoms with Gasteiger partial charge < -0.3 is 5.32 Å². The molecule has 5 nitrogen and oxygen atoms in total. The van der Waals surface area contributed by atoms with Gasteiger partial charge in [-0.25, -0.2) is 12.8 Å². The van der Waals surface area contributed by atoms with Crippen molar-refractivity contribution in [1.82, 2.24) is 4.31 Å². The molecule has 0 atom stereocenters. The number of benzene rings is 2. The van der Waals surface area contributed by atoms with Crippen LogP contribution in [0.2, 0.25) is 10.0 Å². The summed E-state index contributed by atoms with van der Waals surface area (Å²) >= 11 is 11.8. The molecule has 2 aromatic rings. The number of nitrogens with zero attached hydrogens (tertiary/aromatic N) is 1. The zero-order chi connectivity index (χ0) is 19.6. The zero-order valence-corrected chi connectivity index (χ0v) is 16.5. The van der Waals surface area contributed by atoms with Crippen molar-refractivity contribution in [2.24, 2.45) is 0 Å². The second kappa shape index (κ2) is 8.14. The fourth-order valence-corrected chi connectivity index (χ4v) is 5.06. The number of amides is 1. The molecule has 3 rings (SSSR count). The second-order valence-electron chi connectivity index (χ2n) is 6.19. The smallest absolute Gasteiger partial charge is 0.255 e. The van der Waals surface area contributed by atoms with E-state index in [1.54, 1.807) is 0 Å². The van der Waals surface area contributed by atoms with Gasteiger partial charge in [-0.15, -0.1) is 0 Å². The molecular formula is C18H17Cl2FN2O3S. The average Bonchev–Trinajstić information content (AvgIpc) is 2.65. The first kappa shape index (κ1) is 20.1. The van der Waals surface area contributed by atoms with E-state index >= 15 is 0 Å². The van der Waals surface area contributed by atoms with Crippen LogP contribution >= 0.6 is 23.2 Å². The van der Waals surface area contributed by atoms with E-state index < -0.39 is 21.7 Å². The summed E-state index contributed by atoms with van der Waals surface area (Å²) in [7, 11) is -3.78. The molecule has 0 aliphatic carbocycles. The van der Waals surface area contributed by atoms with Crippen molar-refractivity contribution in [2.75, 3.05) is 18.4 Å². The number of carbonyl (C=O) groups is 1. The summed E-state index contributed by atoms with van der Waals surface area (Å²) < 4.78 is 40.4. The van der Waals surface area contributed by atoms with Gasteiger partial charge in [-0.05, 0) is 49.2 Å². The molecule has 1 fully saturated rings. The highest BCUT2D eigenvalue weighted by Crippen LogP contribution is 2.28. The third kappa shape index (κ3) is 4.43. The van der Waals surface area contributed by atoms with Crippen LogP contribution in [-0.4, -0.2) is 31.7 Å². The van der Waals surface area contributed by atoms with E-state index in [2.05, 4.69) is 5.32 Å². The van der Waals surface area contributed by atoms with Gasteiger partial charge in [-0.3, -0.25) is 4.79 Å². The Balaban J connectivity index is 1.88. The molecule has 1 saturated heterocycles. The molecule has 0 saturated carbocycles. The van der Waals surface area contributed by atoms with Crippen LogP contribution in [0, 0.1) is 5.82 Å². The van der Waals surface area contributed by atoms with Gasteiger partial charge in [0.25, 0.3) is 5.91 Å². The topological polar surface area (TPSA) is 66.5 Å². The number of hydrogen-bond donors (Lipinski definition) is 1. The second-order valence-corrected chi connectivity index (χ2v) is 8.91. The summed E-state index contributed by atoms with van der Waals surface area (Å²) in [5, 5.41) is 2.49. The Bertz CT molecular complexity index is 977. The van der Waals surface area contributed by atoms with Gasteiger partial charge in [0.1, 0.15) is 10.7 Å². The molecule has 27 heavy (non-hydrogen) atoms. The van der Waals surface area contributed by atoms with Crippen LogP contribution < -0.4 is 5.32 Å². The summed E-state index contributed by atoms with van der Waals surface area (Å²) in [6.07, 6.45) is 2.58. The Morgan fingerprint density at radius 2 is 1.70 bits per heavy atom. The van der Waals surface area contributed by atoms with Crippen LogP contribution in [0.5, 0.6) is 0 Å². The molecular weight excluding hydrogens is 414 g/mol. The van der Waals surface area contributed by atoms with Gasteiger partial charge in [0.15, 0.2) is 0 Å². The maximum Gasteiger partial charge on any atom is 0.255 e. The van der Waals surface area contributed by atoms with Crippen molar-refractivity contribution in [3.05, 3.63) is 57.8 Å². The lowest BCUT2D eigenvalue weighted by Gasteiger charge is -2.26. The number of piperidine rings is 1. The monoisotopic (exact) mass is 430 g/mol. The van der Waals surface area contributed by atoms with Crippen LogP contribution in [0.25, 0.3) is 0 Å². The van der Waals surface area contributed by atoms with Gasteiger partial charge in [0, 0.05) is 24.3 Å². The number of carbonyl (C=O) groups excluding carboxylic acids is 1. The molecule has 0 spiro atoms. The SMILES string of the molecule is O=C(Nc1ccc(F)c(Cl)c1)c1ccc(Cl)c(S(=O)(=O)N2CCCCC2)c1. The normalized spacial score (nSPS) is 15.5. The molecule has 9 heteroatoms. The lowest BCUT2D eigenvalue weighted by molar-refractivity contribution is 0.102. The van der Waals surface area contributed by atoms with Crippen molar-refractivity contribution >= 4 is 44.8 Å². The quantitative estimate of drug-likeness (QED) is 0.772. The standard InChI is InChI=1S/C18H17Cl2FN2O3S/c19-14-6-4-12(18(24)22-13-5-7-16(21)15(20)11-13)10-17(14)27(25,26)23-8-2-1-3-9-23/h4-7,10-11H,1-3,8-9H2,(H,22,24). The Labute approximate surface area is 167 Å². The number of halogens is 3. The molecule has 1 N–H and O–H groups in total. The van der Waals surface area contributed by atoms with E-state index in [0.29, 0.717) is 18.8 Å². The Kier molecular flexibility index (Phi) is 6.05. The van der Waals surface area contributed by atoms with Crippen LogP contribution in [0.4, 0.5) is 10.1 Å². The van der Waals surface area contributed by atoms with Crippen molar-refractivity contribution in [2.45, 2.75) is 24.2 Å². The van der Waals surface area contributed by atoms with Gasteiger partial charge >= 0.3 is 0 Å². The highest BCUT2D eigenvalue weighted by Gasteiger charge is 2.28. The van der Waals surface area contributed by atoms with E-state index in [1.807, 2.05) is 0 Å². The van der Waals surface area contributed by atoms with E-state index in [0.717, 1.165) is 25.3 Å². The molecule has 1 aliphatic rings. The van der Waals surface area contributed by atoms with Crippen LogP contribution in [0.15, 0.2) is 41.3 Å². The third-order valence-corrected chi connectivity index (χ3v) is 6.97. The molecule has 2 aromatic carbocycles. The van der Waals surface area contributed by atoms with E-state index in [4.69, 9.17) is 23.2 Å². The molecule has 0 unspecified atom stereocenters. The van der Waals surface area contributed by atoms with E-state index in [9.17, 15) is 17.6 Å². The van der Waals surface area contributed by atoms with Crippen molar-refractivity contribution in [3.63, 3.8) is 0 Å². The summed E-state index contributed by atoms with van der Waals surface area (Å²) in [6, 6.07) is 7.83. The molecule has 0 radical (unpaired) electrons. The van der Waals surface area contributed by atoms with Gasteiger partial charge in [0.2, 0.25) is 10.0 Å². The van der Waals surface area contributed by atoms with Gasteiger partial charge in [-0.1, -0.05) is 29.6 Å². The van der Waals surface area contributed by atoms with Crippen molar-refractivity contribution < 1.29 is 17.6 Å². The number of nitrogens with one attached hydrogen (secondary N) is 1. The minimum Gasteiger partial charge on any atom is -0.322 e. The Morgan fingerprint density at radius 1 is 1.00 bits per heavy atom. The third-order valence-electron chi connectivity index (χ3n) is 4.30. The highest BCUT2D eigenvalue weighted by atomic mass is 35.5. The highest BCUT2D eigenvalue weighted by molar-refractivity contribution is 7.89. The van der Waals surface area contributed by atoms with Crippen molar-refractivity contribution in [3.8, 4) is 0 Å². The fourth-order valence-electron chi connectivity index (χ4n) is 2.86. The summed E-state index contributed by atoms with van der Waals surface area (Å²) in [5.74, 6) is -1.15. The number of hydrogen-bond acceptors (Lipinski definition) is 3. The molecule has 144 valence electrons. The molecule has 0 bridgehead atoms. The van der Waals surface area contributed by atoms with Crippen LogP contribution in [-0.2, 0) is 10.0 Å². The largest absolute Gasteiger partial charge is 0.322 e. The lowest BCUT2D eigenvalue weighted by Crippen LogP contribution is -2.35. The van der Waals surface area contributed by atoms with Gasteiger partial charge in [-0.2, -0.15) is 4.31 Å². The first-order chi connectivity index (χ1) is 12.8. The zero-order valence-electron chi connectivity index (χ0n) is 14.2. The first-order valence-electron chi connectivity index (χ1n) is 8.35. The van der Waals surface area contributed by atoms with Crippen LogP contribution in [0.1, 0.15) is 29.6 Å². The van der Waals surface area contributed by atoms with Gasteiger partial charge in [0.05, 0.1) is 10.0 Å². The number of rotatable bonds is 4. The first-order valence-corrected chi connectivity index (χ1v) is 10.5. The number of sulfonamides is 1. The molecule has 0 aromatic heterocycles. The maximum atomic E-state index is 13.2. The minimum absolute atomic E-state index is 0.0574. The summed E-state index contributed by atoms with van der Waals surface area (Å²) in [4.78, 5) is 12.4. The minimum atomic E-state index is -3.78. The predicted octanol–water partition coefficient (Wildman–Crippen LogP) is 4.56. The van der Waals surface area contributed by atoms with E-state index in [-0.39, 0.29) is 20.5 Å². The number of anilines is 1.